The number of rotatable bonds is 5. The summed E-state index contributed by atoms with van der Waals surface area (Å²) in [4.78, 5) is 14.8. The molecule has 2 aliphatic heterocycles. The number of nitrogens with zero attached hydrogens (tertiary/aromatic N) is 1. The van der Waals surface area contributed by atoms with Crippen LogP contribution in [0, 0.1) is 5.92 Å². The van der Waals surface area contributed by atoms with Gasteiger partial charge in [-0.15, -0.1) is 0 Å². The largest absolute Gasteiger partial charge is 0.416 e. The molecule has 7 nitrogen and oxygen atoms in total. The molecule has 4 rings (SSSR count). The van der Waals surface area contributed by atoms with E-state index >= 15 is 0 Å². The number of ether oxygens (including phenoxy) is 1. The summed E-state index contributed by atoms with van der Waals surface area (Å²) in [6, 6.07) is 2.73. The number of amides is 1. The maximum Gasteiger partial charge on any atom is 0.416 e. The fourth-order valence-electron chi connectivity index (χ4n) is 5.06. The highest BCUT2D eigenvalue weighted by atomic mass is 32.2. The van der Waals surface area contributed by atoms with E-state index < -0.39 is 22.9 Å². The van der Waals surface area contributed by atoms with Gasteiger partial charge in [0.2, 0.25) is 5.91 Å². The number of anilines is 1. The van der Waals surface area contributed by atoms with Gasteiger partial charge in [0.15, 0.2) is 11.2 Å². The lowest BCUT2D eigenvalue weighted by atomic mass is 9.94. The first kappa shape index (κ1) is 23.5. The normalized spacial score (nSPS) is 25.4. The average molecular weight is 475 g/mol. The fraction of sp³-hybridized carbons (Fsp3) is 0.667. The smallest absolute Gasteiger partial charge is 0.381 e. The number of hydrogen-bond donors (Lipinski definition) is 3. The summed E-state index contributed by atoms with van der Waals surface area (Å²) < 4.78 is 59.4. The topological polar surface area (TPSA) is 96.7 Å². The third-order valence-corrected chi connectivity index (χ3v) is 7.08. The van der Waals surface area contributed by atoms with Gasteiger partial charge in [0.05, 0.1) is 11.3 Å². The van der Waals surface area contributed by atoms with Crippen molar-refractivity contribution in [2.75, 3.05) is 24.5 Å². The molecule has 2 fully saturated rings. The standard InChI is InChI=1S/C21H29F3N4O3S/c22-21(23,24)15-9-14-12-28(6-3-18(14)19(11-15)27-32(25)30)20(29)13-1-2-17(10-13)26-16-4-7-31-8-5-16/h9,11,13,16-17,26-27H,1-8,10,12,25H2. The molecule has 1 aliphatic carbocycles. The summed E-state index contributed by atoms with van der Waals surface area (Å²) in [5, 5.41) is 8.90. The summed E-state index contributed by atoms with van der Waals surface area (Å²) in [5.41, 5.74) is 0.318. The summed E-state index contributed by atoms with van der Waals surface area (Å²) in [6.07, 6.45) is 0.239. The van der Waals surface area contributed by atoms with Crippen LogP contribution in [0.25, 0.3) is 0 Å². The summed E-state index contributed by atoms with van der Waals surface area (Å²) in [7, 11) is 0. The Labute approximate surface area is 188 Å². The zero-order valence-electron chi connectivity index (χ0n) is 17.7. The summed E-state index contributed by atoms with van der Waals surface area (Å²) >= 11 is -1.99. The number of hydrogen-bond acceptors (Lipinski definition) is 4. The van der Waals surface area contributed by atoms with Crippen LogP contribution in [-0.2, 0) is 39.8 Å². The molecule has 0 bridgehead atoms. The minimum Gasteiger partial charge on any atom is -0.381 e. The minimum atomic E-state index is -4.55. The number of alkyl halides is 3. The van der Waals surface area contributed by atoms with Crippen LogP contribution >= 0.6 is 0 Å². The monoisotopic (exact) mass is 474 g/mol. The number of benzene rings is 1. The van der Waals surface area contributed by atoms with E-state index in [0.29, 0.717) is 30.1 Å². The van der Waals surface area contributed by atoms with Gasteiger partial charge in [0.1, 0.15) is 0 Å². The quantitative estimate of drug-likeness (QED) is 0.611. The van der Waals surface area contributed by atoms with E-state index in [1.165, 1.54) is 0 Å². The van der Waals surface area contributed by atoms with E-state index in [1.54, 1.807) is 4.90 Å². The van der Waals surface area contributed by atoms with Gasteiger partial charge in [-0.1, -0.05) is 0 Å². The highest BCUT2D eigenvalue weighted by Gasteiger charge is 2.37. The van der Waals surface area contributed by atoms with Gasteiger partial charge in [-0.25, -0.2) is 9.35 Å². The molecule has 32 heavy (non-hydrogen) atoms. The van der Waals surface area contributed by atoms with Crippen LogP contribution < -0.4 is 15.2 Å². The van der Waals surface area contributed by atoms with E-state index in [0.717, 1.165) is 57.5 Å². The first-order chi connectivity index (χ1) is 15.2. The van der Waals surface area contributed by atoms with Gasteiger partial charge in [-0.3, -0.25) is 9.52 Å². The molecule has 0 radical (unpaired) electrons. The van der Waals surface area contributed by atoms with Crippen molar-refractivity contribution in [3.05, 3.63) is 28.8 Å². The first-order valence-electron chi connectivity index (χ1n) is 11.0. The summed E-state index contributed by atoms with van der Waals surface area (Å²) in [5.74, 6) is -0.116. The molecule has 2 heterocycles. The Morgan fingerprint density at radius 3 is 2.59 bits per heavy atom. The van der Waals surface area contributed by atoms with Crippen LogP contribution in [0.1, 0.15) is 48.8 Å². The van der Waals surface area contributed by atoms with Crippen LogP contribution in [0.3, 0.4) is 0 Å². The van der Waals surface area contributed by atoms with Gasteiger partial charge in [0, 0.05) is 44.3 Å². The number of nitrogens with two attached hydrogens (primary N) is 1. The third-order valence-electron chi connectivity index (χ3n) is 6.66. The maximum atomic E-state index is 13.4. The molecule has 1 saturated heterocycles. The van der Waals surface area contributed by atoms with Crippen LogP contribution in [0.4, 0.5) is 18.9 Å². The number of fused-ring (bicyclic) bond motifs is 1. The predicted molar refractivity (Wildman–Crippen MR) is 115 cm³/mol. The van der Waals surface area contributed by atoms with E-state index in [2.05, 4.69) is 10.0 Å². The minimum absolute atomic E-state index is 0.00116. The van der Waals surface area contributed by atoms with Gasteiger partial charge in [-0.05, 0) is 61.8 Å². The Bertz CT molecular complexity index is 877. The van der Waals surface area contributed by atoms with E-state index in [1.807, 2.05) is 0 Å². The Balaban J connectivity index is 1.44. The number of carbonyl (C=O) groups excluding carboxylic acids is 1. The van der Waals surface area contributed by atoms with Crippen molar-refractivity contribution >= 4 is 22.8 Å². The second kappa shape index (κ2) is 9.66. The molecule has 0 spiro atoms. The predicted octanol–water partition coefficient (Wildman–Crippen LogP) is 2.48. The molecular formula is C21H29F3N4O3S. The lowest BCUT2D eigenvalue weighted by Crippen LogP contribution is -2.42. The molecule has 4 N–H and O–H groups in total. The van der Waals surface area contributed by atoms with Crippen LogP contribution in [-0.4, -0.2) is 46.9 Å². The second-order valence-electron chi connectivity index (χ2n) is 8.83. The van der Waals surface area contributed by atoms with Crippen LogP contribution in [0.5, 0.6) is 0 Å². The van der Waals surface area contributed by atoms with Gasteiger partial charge < -0.3 is 15.0 Å². The second-order valence-corrected chi connectivity index (χ2v) is 9.63. The van der Waals surface area contributed by atoms with Crippen molar-refractivity contribution in [3.8, 4) is 0 Å². The third kappa shape index (κ3) is 5.44. The van der Waals surface area contributed by atoms with Crippen molar-refractivity contribution in [1.82, 2.24) is 10.2 Å². The lowest BCUT2D eigenvalue weighted by molar-refractivity contribution is -0.137. The molecule has 1 amide bonds. The van der Waals surface area contributed by atoms with Crippen molar-refractivity contribution in [2.24, 2.45) is 11.1 Å². The molecule has 3 atom stereocenters. The Kier molecular flexibility index (Phi) is 7.09. The van der Waals surface area contributed by atoms with E-state index in [9.17, 15) is 22.2 Å². The molecule has 11 heteroatoms. The van der Waals surface area contributed by atoms with Crippen molar-refractivity contribution in [2.45, 2.75) is 63.3 Å². The SMILES string of the molecule is NS(=O)Nc1cc(C(F)(F)F)cc2c1CCN(C(=O)C1CCC(NC3CCOCC3)C1)C2. The highest BCUT2D eigenvalue weighted by Crippen LogP contribution is 2.37. The van der Waals surface area contributed by atoms with Gasteiger partial charge in [0.25, 0.3) is 0 Å². The van der Waals surface area contributed by atoms with Crippen molar-refractivity contribution < 1.29 is 26.9 Å². The summed E-state index contributed by atoms with van der Waals surface area (Å²) in [6.45, 7) is 2.04. The average Bonchev–Trinajstić information content (AvgIpc) is 3.20. The van der Waals surface area contributed by atoms with Crippen molar-refractivity contribution in [3.63, 3.8) is 0 Å². The molecule has 178 valence electrons. The van der Waals surface area contributed by atoms with E-state index in [4.69, 9.17) is 9.88 Å². The number of nitrogens with one attached hydrogen (secondary N) is 2. The Morgan fingerprint density at radius 1 is 1.16 bits per heavy atom. The molecule has 0 aromatic heterocycles. The zero-order chi connectivity index (χ0) is 22.9. The fourth-order valence-corrected chi connectivity index (χ4v) is 5.46. The molecule has 1 aromatic carbocycles. The van der Waals surface area contributed by atoms with Crippen LogP contribution in [0.15, 0.2) is 12.1 Å². The maximum absolute atomic E-state index is 13.4. The van der Waals surface area contributed by atoms with Crippen LogP contribution in [0.2, 0.25) is 0 Å². The first-order valence-corrected chi connectivity index (χ1v) is 12.2. The van der Waals surface area contributed by atoms with E-state index in [-0.39, 0.29) is 30.1 Å². The molecular weight excluding hydrogens is 445 g/mol. The number of carbonyl (C=O) groups is 1. The van der Waals surface area contributed by atoms with Gasteiger partial charge >= 0.3 is 6.18 Å². The Morgan fingerprint density at radius 2 is 1.91 bits per heavy atom. The molecule has 3 unspecified atom stereocenters. The molecule has 1 aromatic rings. The van der Waals surface area contributed by atoms with Crippen molar-refractivity contribution in [1.29, 1.82) is 0 Å². The molecule has 1 saturated carbocycles. The zero-order valence-corrected chi connectivity index (χ0v) is 18.6. The Hall–Kier alpha value is -1.69. The number of halogens is 3. The lowest BCUT2D eigenvalue weighted by Gasteiger charge is -2.33. The highest BCUT2D eigenvalue weighted by molar-refractivity contribution is 7.84. The molecule has 3 aliphatic rings. The van der Waals surface area contributed by atoms with Gasteiger partial charge in [-0.2, -0.15) is 13.2 Å².